The Kier molecular flexibility index (Phi) is 6.68. The topological polar surface area (TPSA) is 18.5 Å². The maximum atomic E-state index is 14.4. The third-order valence-electron chi connectivity index (χ3n) is 4.35. The van der Waals surface area contributed by atoms with E-state index in [-0.39, 0.29) is 25.2 Å². The molecule has 0 unspecified atom stereocenters. The highest BCUT2D eigenvalue weighted by atomic mass is 79.9. The van der Waals surface area contributed by atoms with Crippen LogP contribution in [0.4, 0.5) is 8.78 Å². The maximum absolute atomic E-state index is 14.4. The van der Waals surface area contributed by atoms with Gasteiger partial charge in [-0.25, -0.2) is 8.78 Å². The van der Waals surface area contributed by atoms with E-state index in [9.17, 15) is 8.78 Å². The van der Waals surface area contributed by atoms with Crippen LogP contribution in [-0.2, 0) is 19.1 Å². The summed E-state index contributed by atoms with van der Waals surface area (Å²) >= 11 is 3.46. The predicted molar refractivity (Wildman–Crippen MR) is 110 cm³/mol. The molecule has 0 aliphatic heterocycles. The summed E-state index contributed by atoms with van der Waals surface area (Å²) in [5.74, 6) is -2.30. The van der Waals surface area contributed by atoms with Gasteiger partial charge in [0, 0.05) is 12.0 Å². The highest BCUT2D eigenvalue weighted by Gasteiger charge is 2.31. The molecule has 3 aromatic rings. The van der Waals surface area contributed by atoms with Gasteiger partial charge in [0.2, 0.25) is 0 Å². The van der Waals surface area contributed by atoms with Crippen molar-refractivity contribution in [1.82, 2.24) is 0 Å². The highest BCUT2D eigenvalue weighted by Crippen LogP contribution is 2.42. The Morgan fingerprint density at radius 2 is 1.21 bits per heavy atom. The van der Waals surface area contributed by atoms with Crippen LogP contribution in [0.1, 0.15) is 30.0 Å². The maximum Gasteiger partial charge on any atom is 0.273 e. The minimum Gasteiger partial charge on any atom is -0.488 e. The fraction of sp³-hybridized carbons (Fsp3) is 0.217. The van der Waals surface area contributed by atoms with Crippen molar-refractivity contribution in [3.8, 4) is 11.5 Å². The van der Waals surface area contributed by atoms with Crippen LogP contribution in [0, 0.1) is 0 Å². The van der Waals surface area contributed by atoms with Gasteiger partial charge in [-0.05, 0) is 39.2 Å². The molecule has 3 aromatic carbocycles. The predicted octanol–water partition coefficient (Wildman–Crippen LogP) is 7.11. The van der Waals surface area contributed by atoms with E-state index in [1.165, 1.54) is 19.1 Å². The molecule has 0 saturated carbocycles. The normalized spacial score (nSPS) is 11.3. The smallest absolute Gasteiger partial charge is 0.273 e. The van der Waals surface area contributed by atoms with Crippen LogP contribution in [0.3, 0.4) is 0 Å². The molecule has 0 radical (unpaired) electrons. The quantitative estimate of drug-likeness (QED) is 0.367. The summed E-state index contributed by atoms with van der Waals surface area (Å²) in [7, 11) is 0. The van der Waals surface area contributed by atoms with Crippen molar-refractivity contribution in [1.29, 1.82) is 0 Å². The van der Waals surface area contributed by atoms with E-state index in [0.717, 1.165) is 11.1 Å². The molecule has 0 spiro atoms. The molecule has 0 fully saturated rings. The molecule has 0 bridgehead atoms. The number of rotatable bonds is 8. The molecule has 2 nitrogen and oxygen atoms in total. The SMILES string of the molecule is CCC(F)(F)c1cc(OCc2ccccc2)c(Br)c(OCc2ccccc2)c1. The molecule has 28 heavy (non-hydrogen) atoms. The van der Waals surface area contributed by atoms with Crippen LogP contribution < -0.4 is 9.47 Å². The van der Waals surface area contributed by atoms with Crippen molar-refractivity contribution >= 4 is 15.9 Å². The van der Waals surface area contributed by atoms with Crippen molar-refractivity contribution in [3.05, 3.63) is 94.0 Å². The summed E-state index contributed by atoms with van der Waals surface area (Å²) in [5, 5.41) is 0. The van der Waals surface area contributed by atoms with Gasteiger partial charge in [-0.15, -0.1) is 0 Å². The summed E-state index contributed by atoms with van der Waals surface area (Å²) in [6, 6.07) is 21.9. The molecule has 5 heteroatoms. The largest absolute Gasteiger partial charge is 0.488 e. The number of hydrogen-bond acceptors (Lipinski definition) is 2. The van der Waals surface area contributed by atoms with Gasteiger partial charge in [0.1, 0.15) is 29.2 Å². The summed E-state index contributed by atoms with van der Waals surface area (Å²) in [5.41, 5.74) is 1.78. The van der Waals surface area contributed by atoms with E-state index in [1.807, 2.05) is 60.7 Å². The monoisotopic (exact) mass is 446 g/mol. The summed E-state index contributed by atoms with van der Waals surface area (Å²) in [4.78, 5) is 0. The van der Waals surface area contributed by atoms with Crippen molar-refractivity contribution in [2.24, 2.45) is 0 Å². The molecule has 0 saturated heterocycles. The van der Waals surface area contributed by atoms with E-state index in [0.29, 0.717) is 16.0 Å². The second-order valence-corrected chi connectivity index (χ2v) is 7.19. The summed E-state index contributed by atoms with van der Waals surface area (Å²) < 4.78 is 40.9. The molecule has 0 aliphatic rings. The first kappa shape index (κ1) is 20.3. The van der Waals surface area contributed by atoms with Gasteiger partial charge in [-0.1, -0.05) is 67.6 Å². The molecule has 0 N–H and O–H groups in total. The molecule has 146 valence electrons. The fourth-order valence-electron chi connectivity index (χ4n) is 2.67. The van der Waals surface area contributed by atoms with Gasteiger partial charge < -0.3 is 9.47 Å². The molecule has 0 heterocycles. The Balaban J connectivity index is 1.87. The van der Waals surface area contributed by atoms with E-state index >= 15 is 0 Å². The second kappa shape index (κ2) is 9.20. The molecule has 0 aromatic heterocycles. The third-order valence-corrected chi connectivity index (χ3v) is 5.13. The van der Waals surface area contributed by atoms with Crippen LogP contribution >= 0.6 is 15.9 Å². The zero-order valence-corrected chi connectivity index (χ0v) is 17.1. The molecule has 0 atom stereocenters. The average molecular weight is 447 g/mol. The second-order valence-electron chi connectivity index (χ2n) is 6.39. The Hall–Kier alpha value is -2.40. The number of alkyl halides is 2. The Bertz CT molecular complexity index is 834. The van der Waals surface area contributed by atoms with Crippen LogP contribution in [-0.4, -0.2) is 0 Å². The van der Waals surface area contributed by atoms with Gasteiger partial charge in [0.15, 0.2) is 0 Å². The van der Waals surface area contributed by atoms with Gasteiger partial charge in [0.25, 0.3) is 5.92 Å². The van der Waals surface area contributed by atoms with Crippen LogP contribution in [0.25, 0.3) is 0 Å². The zero-order valence-electron chi connectivity index (χ0n) is 15.5. The lowest BCUT2D eigenvalue weighted by atomic mass is 10.1. The number of hydrogen-bond donors (Lipinski definition) is 0. The number of halogens is 3. The first-order valence-electron chi connectivity index (χ1n) is 9.05. The van der Waals surface area contributed by atoms with Gasteiger partial charge in [0.05, 0.1) is 0 Å². The van der Waals surface area contributed by atoms with E-state index in [2.05, 4.69) is 15.9 Å². The van der Waals surface area contributed by atoms with Gasteiger partial charge >= 0.3 is 0 Å². The number of benzene rings is 3. The number of ether oxygens (including phenoxy) is 2. The first-order chi connectivity index (χ1) is 13.5. The molecule has 0 amide bonds. The standard InChI is InChI=1S/C23H21BrF2O2/c1-2-23(25,26)19-13-20(27-15-17-9-5-3-6-10-17)22(24)21(14-19)28-16-18-11-7-4-8-12-18/h3-14H,2,15-16H2,1H3. The molecule has 0 aliphatic carbocycles. The summed E-state index contributed by atoms with van der Waals surface area (Å²) in [6.07, 6.45) is -0.301. The molecular formula is C23H21BrF2O2. The lowest BCUT2D eigenvalue weighted by molar-refractivity contribution is -0.00880. The highest BCUT2D eigenvalue weighted by molar-refractivity contribution is 9.10. The Labute approximate surface area is 172 Å². The fourth-order valence-corrected chi connectivity index (χ4v) is 3.13. The van der Waals surface area contributed by atoms with E-state index in [4.69, 9.17) is 9.47 Å². The van der Waals surface area contributed by atoms with Gasteiger partial charge in [-0.2, -0.15) is 0 Å². The minimum absolute atomic E-state index is 0.121. The van der Waals surface area contributed by atoms with Crippen LogP contribution in [0.5, 0.6) is 11.5 Å². The Morgan fingerprint density at radius 3 is 1.61 bits per heavy atom. The third kappa shape index (κ3) is 5.10. The minimum atomic E-state index is -2.96. The van der Waals surface area contributed by atoms with Gasteiger partial charge in [-0.3, -0.25) is 0 Å². The van der Waals surface area contributed by atoms with Crippen LogP contribution in [0.2, 0.25) is 0 Å². The molecular weight excluding hydrogens is 426 g/mol. The van der Waals surface area contributed by atoms with Crippen molar-refractivity contribution in [3.63, 3.8) is 0 Å². The van der Waals surface area contributed by atoms with E-state index < -0.39 is 5.92 Å². The average Bonchev–Trinajstić information content (AvgIpc) is 2.73. The van der Waals surface area contributed by atoms with Crippen molar-refractivity contribution < 1.29 is 18.3 Å². The van der Waals surface area contributed by atoms with Crippen molar-refractivity contribution in [2.45, 2.75) is 32.5 Å². The van der Waals surface area contributed by atoms with E-state index in [1.54, 1.807) is 0 Å². The van der Waals surface area contributed by atoms with Crippen molar-refractivity contribution in [2.75, 3.05) is 0 Å². The summed E-state index contributed by atoms with van der Waals surface area (Å²) in [6.45, 7) is 2.01. The lowest BCUT2D eigenvalue weighted by Gasteiger charge is -2.19. The molecule has 3 rings (SSSR count). The zero-order chi connectivity index (χ0) is 20.0. The first-order valence-corrected chi connectivity index (χ1v) is 9.84. The lowest BCUT2D eigenvalue weighted by Crippen LogP contribution is -2.12. The Morgan fingerprint density at radius 1 is 0.786 bits per heavy atom. The van der Waals surface area contributed by atoms with Crippen LogP contribution in [0.15, 0.2) is 77.3 Å².